The second-order valence-corrected chi connectivity index (χ2v) is 7.56. The predicted octanol–water partition coefficient (Wildman–Crippen LogP) is 4.79. The zero-order valence-electron chi connectivity index (χ0n) is 14.6. The number of amides is 1. The quantitative estimate of drug-likeness (QED) is 0.745. The zero-order valence-corrected chi connectivity index (χ0v) is 15.4. The van der Waals surface area contributed by atoms with Crippen molar-refractivity contribution in [3.05, 3.63) is 65.7 Å². The minimum absolute atomic E-state index is 0.0459. The smallest absolute Gasteiger partial charge is 0.416 e. The van der Waals surface area contributed by atoms with Gasteiger partial charge in [-0.05, 0) is 30.2 Å². The van der Waals surface area contributed by atoms with E-state index in [1.165, 1.54) is 17.7 Å². The minimum Gasteiger partial charge on any atom is -0.484 e. The molecule has 1 saturated heterocycles. The Morgan fingerprint density at radius 2 is 1.89 bits per heavy atom. The lowest BCUT2D eigenvalue weighted by molar-refractivity contribution is -0.137. The van der Waals surface area contributed by atoms with Crippen molar-refractivity contribution in [3.63, 3.8) is 0 Å². The molecule has 1 heterocycles. The van der Waals surface area contributed by atoms with E-state index in [0.717, 1.165) is 24.3 Å². The normalized spacial score (nSPS) is 18.0. The van der Waals surface area contributed by atoms with E-state index in [-0.39, 0.29) is 18.3 Å². The molecule has 1 amide bonds. The van der Waals surface area contributed by atoms with Crippen LogP contribution in [-0.4, -0.2) is 36.3 Å². The predicted molar refractivity (Wildman–Crippen MR) is 99.8 cm³/mol. The molecule has 0 aromatic heterocycles. The third-order valence-electron chi connectivity index (χ3n) is 4.39. The maximum absolute atomic E-state index is 12.7. The van der Waals surface area contributed by atoms with Gasteiger partial charge in [0.1, 0.15) is 5.75 Å². The zero-order chi connectivity index (χ0) is 19.3. The Labute approximate surface area is 160 Å². The van der Waals surface area contributed by atoms with E-state index in [1.54, 1.807) is 4.90 Å². The van der Waals surface area contributed by atoms with Gasteiger partial charge >= 0.3 is 6.18 Å². The average Bonchev–Trinajstić information content (AvgIpc) is 2.93. The second-order valence-electron chi connectivity index (χ2n) is 6.25. The van der Waals surface area contributed by atoms with Crippen LogP contribution < -0.4 is 4.74 Å². The van der Waals surface area contributed by atoms with Crippen LogP contribution in [0.1, 0.15) is 22.8 Å². The van der Waals surface area contributed by atoms with Crippen molar-refractivity contribution >= 4 is 17.7 Å². The molecule has 0 unspecified atom stereocenters. The SMILES string of the molecule is O=C(COc1cccc(C(F)(F)F)c1)N1CCS[C@H](c2ccccc2)CC1. The van der Waals surface area contributed by atoms with E-state index in [0.29, 0.717) is 18.3 Å². The third-order valence-corrected chi connectivity index (χ3v) is 5.72. The molecule has 1 aliphatic heterocycles. The number of nitrogens with zero attached hydrogens (tertiary/aromatic N) is 1. The number of hydrogen-bond acceptors (Lipinski definition) is 3. The molecule has 7 heteroatoms. The van der Waals surface area contributed by atoms with Gasteiger partial charge in [-0.3, -0.25) is 4.79 Å². The molecule has 0 bridgehead atoms. The first kappa shape index (κ1) is 19.6. The number of alkyl halides is 3. The van der Waals surface area contributed by atoms with Gasteiger partial charge in [0.05, 0.1) is 5.56 Å². The number of hydrogen-bond donors (Lipinski definition) is 0. The summed E-state index contributed by atoms with van der Waals surface area (Å²) in [6.45, 7) is 0.956. The van der Waals surface area contributed by atoms with Crippen molar-refractivity contribution in [3.8, 4) is 5.75 Å². The van der Waals surface area contributed by atoms with Crippen LogP contribution in [0.25, 0.3) is 0 Å². The lowest BCUT2D eigenvalue weighted by Gasteiger charge is -2.20. The summed E-state index contributed by atoms with van der Waals surface area (Å²) in [7, 11) is 0. The van der Waals surface area contributed by atoms with Crippen LogP contribution in [0, 0.1) is 0 Å². The number of thioether (sulfide) groups is 1. The van der Waals surface area contributed by atoms with Gasteiger partial charge in [0.25, 0.3) is 5.91 Å². The van der Waals surface area contributed by atoms with Crippen LogP contribution in [-0.2, 0) is 11.0 Å². The molecule has 2 aromatic carbocycles. The highest BCUT2D eigenvalue weighted by molar-refractivity contribution is 7.99. The van der Waals surface area contributed by atoms with Gasteiger partial charge in [0.2, 0.25) is 0 Å². The molecule has 1 atom stereocenters. The molecular formula is C20H20F3NO2S. The highest BCUT2D eigenvalue weighted by Crippen LogP contribution is 2.34. The van der Waals surface area contributed by atoms with Gasteiger partial charge in [0, 0.05) is 24.1 Å². The molecule has 1 fully saturated rings. The van der Waals surface area contributed by atoms with E-state index < -0.39 is 11.7 Å². The fourth-order valence-electron chi connectivity index (χ4n) is 2.95. The van der Waals surface area contributed by atoms with Crippen LogP contribution in [0.15, 0.2) is 54.6 Å². The van der Waals surface area contributed by atoms with Crippen molar-refractivity contribution in [1.82, 2.24) is 4.90 Å². The summed E-state index contributed by atoms with van der Waals surface area (Å²) in [5.41, 5.74) is 0.460. The molecule has 0 aliphatic carbocycles. The van der Waals surface area contributed by atoms with E-state index >= 15 is 0 Å². The standard InChI is InChI=1S/C20H20F3NO2S/c21-20(22,23)16-7-4-8-17(13-16)26-14-19(25)24-10-9-18(27-12-11-24)15-5-2-1-3-6-15/h1-8,13,18H,9-12,14H2/t18-/m0/s1. The number of carbonyl (C=O) groups excluding carboxylic acids is 1. The molecule has 3 rings (SSSR count). The van der Waals surface area contributed by atoms with Gasteiger partial charge < -0.3 is 9.64 Å². The molecule has 0 N–H and O–H groups in total. The van der Waals surface area contributed by atoms with Crippen LogP contribution in [0.4, 0.5) is 13.2 Å². The first-order valence-corrected chi connectivity index (χ1v) is 9.73. The van der Waals surface area contributed by atoms with Gasteiger partial charge in [-0.15, -0.1) is 0 Å². The largest absolute Gasteiger partial charge is 0.484 e. The Balaban J connectivity index is 1.54. The molecule has 2 aromatic rings. The Morgan fingerprint density at radius 1 is 1.11 bits per heavy atom. The minimum atomic E-state index is -4.43. The summed E-state index contributed by atoms with van der Waals surface area (Å²) in [5, 5.41) is 0.341. The Hall–Kier alpha value is -2.15. The first-order valence-electron chi connectivity index (χ1n) is 8.68. The van der Waals surface area contributed by atoms with Crippen molar-refractivity contribution < 1.29 is 22.7 Å². The van der Waals surface area contributed by atoms with Gasteiger partial charge in [-0.25, -0.2) is 0 Å². The van der Waals surface area contributed by atoms with Crippen LogP contribution in [0.5, 0.6) is 5.75 Å². The van der Waals surface area contributed by atoms with Gasteiger partial charge in [0.15, 0.2) is 6.61 Å². The topological polar surface area (TPSA) is 29.5 Å². The van der Waals surface area contributed by atoms with E-state index in [4.69, 9.17) is 4.74 Å². The number of carbonyl (C=O) groups is 1. The fourth-order valence-corrected chi connectivity index (χ4v) is 4.18. The molecule has 0 radical (unpaired) electrons. The van der Waals surface area contributed by atoms with E-state index in [2.05, 4.69) is 12.1 Å². The lowest BCUT2D eigenvalue weighted by atomic mass is 10.1. The van der Waals surface area contributed by atoms with E-state index in [9.17, 15) is 18.0 Å². The number of rotatable bonds is 4. The van der Waals surface area contributed by atoms with Crippen molar-refractivity contribution in [2.24, 2.45) is 0 Å². The van der Waals surface area contributed by atoms with Crippen LogP contribution in [0.3, 0.4) is 0 Å². The lowest BCUT2D eigenvalue weighted by Crippen LogP contribution is -2.36. The Morgan fingerprint density at radius 3 is 2.63 bits per heavy atom. The van der Waals surface area contributed by atoms with Gasteiger partial charge in [-0.1, -0.05) is 36.4 Å². The Bertz CT molecular complexity index is 767. The molecule has 27 heavy (non-hydrogen) atoms. The average molecular weight is 395 g/mol. The second kappa shape index (κ2) is 8.69. The summed E-state index contributed by atoms with van der Waals surface area (Å²) >= 11 is 1.82. The molecule has 0 spiro atoms. The molecule has 144 valence electrons. The highest BCUT2D eigenvalue weighted by Gasteiger charge is 2.30. The highest BCUT2D eigenvalue weighted by atomic mass is 32.2. The maximum atomic E-state index is 12.7. The van der Waals surface area contributed by atoms with Crippen LogP contribution in [0.2, 0.25) is 0 Å². The number of ether oxygens (including phenoxy) is 1. The first-order chi connectivity index (χ1) is 12.9. The van der Waals surface area contributed by atoms with Crippen LogP contribution >= 0.6 is 11.8 Å². The molecular weight excluding hydrogens is 375 g/mol. The van der Waals surface area contributed by atoms with Crippen molar-refractivity contribution in [2.45, 2.75) is 17.8 Å². The summed E-state index contributed by atoms with van der Waals surface area (Å²) in [4.78, 5) is 14.1. The maximum Gasteiger partial charge on any atom is 0.416 e. The summed E-state index contributed by atoms with van der Waals surface area (Å²) in [5.74, 6) is 0.653. The van der Waals surface area contributed by atoms with Crippen molar-refractivity contribution in [1.29, 1.82) is 0 Å². The van der Waals surface area contributed by atoms with E-state index in [1.807, 2.05) is 30.0 Å². The molecule has 3 nitrogen and oxygen atoms in total. The Kier molecular flexibility index (Phi) is 6.31. The summed E-state index contributed by atoms with van der Waals surface area (Å²) < 4.78 is 43.5. The molecule has 1 aliphatic rings. The summed E-state index contributed by atoms with van der Waals surface area (Å²) in [6, 6.07) is 14.8. The summed E-state index contributed by atoms with van der Waals surface area (Å²) in [6.07, 6.45) is -3.60. The monoisotopic (exact) mass is 395 g/mol. The number of halogens is 3. The molecule has 0 saturated carbocycles. The van der Waals surface area contributed by atoms with Crippen molar-refractivity contribution in [2.75, 3.05) is 25.4 Å². The number of benzene rings is 2. The van der Waals surface area contributed by atoms with Gasteiger partial charge in [-0.2, -0.15) is 24.9 Å². The third kappa shape index (κ3) is 5.42. The fraction of sp³-hybridized carbons (Fsp3) is 0.350.